The molecule has 3 aromatic rings. The van der Waals surface area contributed by atoms with Gasteiger partial charge < -0.3 is 25.1 Å². The molecule has 0 heterocycles. The van der Waals surface area contributed by atoms with Gasteiger partial charge in [0, 0.05) is 13.5 Å². The van der Waals surface area contributed by atoms with Crippen LogP contribution in [0.1, 0.15) is 23.1 Å². The Morgan fingerprint density at radius 2 is 1.35 bits per heavy atom. The van der Waals surface area contributed by atoms with Gasteiger partial charge in [-0.3, -0.25) is 4.79 Å². The van der Waals surface area contributed by atoms with Crippen LogP contribution in [0.2, 0.25) is 0 Å². The maximum Gasteiger partial charge on any atom is 0.303 e. The fraction of sp³-hybridized carbons (Fsp3) is 0.200. The number of carboxylic acid groups (broad SMARTS) is 1. The molecule has 0 atom stereocenters. The largest absolute Gasteiger partial charge is 0.489 e. The second kappa shape index (κ2) is 12.8. The number of carbonyl (C=O) groups is 1. The van der Waals surface area contributed by atoms with Crippen LogP contribution >= 0.6 is 0 Å². The van der Waals surface area contributed by atoms with Crippen LogP contribution in [0.25, 0.3) is 0 Å². The number of aliphatic carboxylic acids is 1. The summed E-state index contributed by atoms with van der Waals surface area (Å²) in [6, 6.07) is 24.6. The third-order valence-electron chi connectivity index (χ3n) is 4.39. The Kier molecular flexibility index (Phi) is 9.78. The molecule has 3 aromatic carbocycles. The molecule has 0 aromatic heterocycles. The topological polar surface area (TPSA) is 99.8 Å². The predicted octanol–water partition coefficient (Wildman–Crippen LogP) is 4.34. The van der Waals surface area contributed by atoms with Crippen LogP contribution in [0.5, 0.6) is 11.5 Å². The second-order valence-corrected chi connectivity index (χ2v) is 6.60. The van der Waals surface area contributed by atoms with Gasteiger partial charge in [-0.15, -0.1) is 0 Å². The van der Waals surface area contributed by atoms with Gasteiger partial charge in [-0.1, -0.05) is 54.6 Å². The number of ether oxygens (including phenoxy) is 2. The van der Waals surface area contributed by atoms with Gasteiger partial charge in [-0.2, -0.15) is 0 Å². The van der Waals surface area contributed by atoms with E-state index in [-0.39, 0.29) is 13.0 Å². The molecule has 0 bridgehead atoms. The van der Waals surface area contributed by atoms with Crippen molar-refractivity contribution in [2.24, 2.45) is 0 Å². The lowest BCUT2D eigenvalue weighted by Crippen LogP contribution is -2.11. The molecule has 0 fully saturated rings. The number of aryl methyl sites for hydroxylation is 1. The fourth-order valence-corrected chi connectivity index (χ4v) is 2.73. The van der Waals surface area contributed by atoms with Gasteiger partial charge in [-0.25, -0.2) is 0 Å². The smallest absolute Gasteiger partial charge is 0.303 e. The van der Waals surface area contributed by atoms with Gasteiger partial charge in [0.25, 0.3) is 0 Å². The van der Waals surface area contributed by atoms with E-state index in [0.29, 0.717) is 24.5 Å². The summed E-state index contributed by atoms with van der Waals surface area (Å²) in [4.78, 5) is 10.6. The molecule has 0 unspecified atom stereocenters. The zero-order valence-corrected chi connectivity index (χ0v) is 17.5. The number of hydrogen-bond acceptors (Lipinski definition) is 5. The second-order valence-electron chi connectivity index (χ2n) is 6.60. The van der Waals surface area contributed by atoms with Crippen molar-refractivity contribution < 1.29 is 24.5 Å². The summed E-state index contributed by atoms with van der Waals surface area (Å²) in [5.74, 6) is 0.646. The first-order chi connectivity index (χ1) is 15.1. The summed E-state index contributed by atoms with van der Waals surface area (Å²) in [6.45, 7) is 0.642. The molecule has 0 aliphatic heterocycles. The van der Waals surface area contributed by atoms with Gasteiger partial charge in [0.15, 0.2) is 0 Å². The summed E-state index contributed by atoms with van der Waals surface area (Å²) in [7, 11) is 1.00. The molecule has 6 nitrogen and oxygen atoms in total. The van der Waals surface area contributed by atoms with Crippen molar-refractivity contribution in [2.75, 3.05) is 13.7 Å². The molecule has 162 valence electrons. The van der Waals surface area contributed by atoms with Crippen molar-refractivity contribution >= 4 is 11.7 Å². The average Bonchev–Trinajstić information content (AvgIpc) is 2.83. The normalized spacial score (nSPS) is 9.87. The highest BCUT2D eigenvalue weighted by Gasteiger charge is 2.03. The number of rotatable bonds is 10. The van der Waals surface area contributed by atoms with E-state index in [1.807, 2.05) is 78.9 Å². The Hall–Kier alpha value is -3.64. The molecule has 6 heteroatoms. The SMILES string of the molecule is CO.N=C(COc1ccc(COc2ccc(CCC(=O)O)cc2)cc1)c1ccccc1. The fourth-order valence-electron chi connectivity index (χ4n) is 2.73. The number of nitrogens with one attached hydrogen (secondary N) is 1. The van der Waals surface area contributed by atoms with Crippen LogP contribution in [-0.4, -0.2) is 35.6 Å². The maximum absolute atomic E-state index is 10.6. The lowest BCUT2D eigenvalue weighted by molar-refractivity contribution is -0.136. The molecular formula is C25H27NO5. The molecule has 3 N–H and O–H groups in total. The lowest BCUT2D eigenvalue weighted by atomic mass is 10.1. The van der Waals surface area contributed by atoms with Gasteiger partial charge in [0.1, 0.15) is 24.7 Å². The zero-order valence-electron chi connectivity index (χ0n) is 17.5. The Morgan fingerprint density at radius 1 is 0.806 bits per heavy atom. The van der Waals surface area contributed by atoms with E-state index in [1.165, 1.54) is 0 Å². The van der Waals surface area contributed by atoms with Gasteiger partial charge >= 0.3 is 5.97 Å². The summed E-state index contributed by atoms with van der Waals surface area (Å²) in [6.07, 6.45) is 0.637. The highest BCUT2D eigenvalue weighted by molar-refractivity contribution is 5.99. The first-order valence-corrected chi connectivity index (χ1v) is 9.83. The molecule has 0 amide bonds. The first kappa shape index (κ1) is 23.6. The number of benzene rings is 3. The minimum Gasteiger partial charge on any atom is -0.489 e. The summed E-state index contributed by atoms with van der Waals surface area (Å²) < 4.78 is 11.5. The Bertz CT molecular complexity index is 938. The monoisotopic (exact) mass is 421 g/mol. The molecule has 0 spiro atoms. The summed E-state index contributed by atoms with van der Waals surface area (Å²) in [5, 5.41) is 23.8. The minimum absolute atomic E-state index is 0.124. The molecule has 0 aliphatic rings. The van der Waals surface area contributed by atoms with E-state index in [2.05, 4.69) is 0 Å². The van der Waals surface area contributed by atoms with E-state index in [4.69, 9.17) is 25.1 Å². The average molecular weight is 421 g/mol. The molecule has 0 saturated heterocycles. The quantitative estimate of drug-likeness (QED) is 0.423. The van der Waals surface area contributed by atoms with Crippen LogP contribution in [0, 0.1) is 5.41 Å². The van der Waals surface area contributed by atoms with E-state index in [9.17, 15) is 4.79 Å². The van der Waals surface area contributed by atoms with Crippen LogP contribution in [0.4, 0.5) is 0 Å². The first-order valence-electron chi connectivity index (χ1n) is 9.83. The Morgan fingerprint density at radius 3 is 1.94 bits per heavy atom. The van der Waals surface area contributed by atoms with Crippen molar-refractivity contribution in [1.82, 2.24) is 0 Å². The lowest BCUT2D eigenvalue weighted by Gasteiger charge is -2.10. The molecule has 31 heavy (non-hydrogen) atoms. The van der Waals surface area contributed by atoms with Gasteiger partial charge in [0.05, 0.1) is 5.71 Å². The standard InChI is InChI=1S/C24H23NO4.CH4O/c25-23(20-4-2-1-3-5-20)17-29-22-13-8-19(9-14-22)16-28-21-11-6-18(7-12-21)10-15-24(26)27;1-2/h1-9,11-14,25H,10,15-17H2,(H,26,27);2H,1H3. The minimum atomic E-state index is -0.797. The van der Waals surface area contributed by atoms with Crippen LogP contribution in [0.3, 0.4) is 0 Å². The highest BCUT2D eigenvalue weighted by Crippen LogP contribution is 2.17. The summed E-state index contributed by atoms with van der Waals surface area (Å²) in [5.41, 5.74) is 3.27. The van der Waals surface area contributed by atoms with Gasteiger partial charge in [-0.05, 0) is 47.4 Å². The van der Waals surface area contributed by atoms with Crippen molar-refractivity contribution in [2.45, 2.75) is 19.4 Å². The third-order valence-corrected chi connectivity index (χ3v) is 4.39. The summed E-state index contributed by atoms with van der Waals surface area (Å²) >= 11 is 0. The number of aliphatic hydroxyl groups excluding tert-OH is 1. The highest BCUT2D eigenvalue weighted by atomic mass is 16.5. The predicted molar refractivity (Wildman–Crippen MR) is 120 cm³/mol. The van der Waals surface area contributed by atoms with Gasteiger partial charge in [0.2, 0.25) is 0 Å². The number of carboxylic acids is 1. The van der Waals surface area contributed by atoms with Crippen molar-refractivity contribution in [3.8, 4) is 11.5 Å². The molecular weight excluding hydrogens is 394 g/mol. The van der Waals surface area contributed by atoms with E-state index in [1.54, 1.807) is 0 Å². The van der Waals surface area contributed by atoms with E-state index in [0.717, 1.165) is 29.5 Å². The molecule has 0 radical (unpaired) electrons. The Balaban J connectivity index is 0.00000166. The maximum atomic E-state index is 10.6. The number of aliphatic hydroxyl groups is 1. The van der Waals surface area contributed by atoms with Crippen molar-refractivity contribution in [3.05, 3.63) is 95.6 Å². The van der Waals surface area contributed by atoms with E-state index >= 15 is 0 Å². The number of hydrogen-bond donors (Lipinski definition) is 3. The molecule has 0 aliphatic carbocycles. The van der Waals surface area contributed by atoms with E-state index < -0.39 is 5.97 Å². The van der Waals surface area contributed by atoms with Crippen LogP contribution < -0.4 is 9.47 Å². The zero-order chi connectivity index (χ0) is 22.5. The Labute approximate surface area is 182 Å². The van der Waals surface area contributed by atoms with Crippen LogP contribution in [0.15, 0.2) is 78.9 Å². The van der Waals surface area contributed by atoms with Crippen molar-refractivity contribution in [1.29, 1.82) is 5.41 Å². The van der Waals surface area contributed by atoms with Crippen molar-refractivity contribution in [3.63, 3.8) is 0 Å². The third kappa shape index (κ3) is 8.32. The molecule has 3 rings (SSSR count). The molecule has 0 saturated carbocycles. The van der Waals surface area contributed by atoms with Crippen LogP contribution in [-0.2, 0) is 17.8 Å².